The van der Waals surface area contributed by atoms with Gasteiger partial charge in [-0.1, -0.05) is 26.7 Å². The number of aromatic nitrogens is 1. The van der Waals surface area contributed by atoms with Gasteiger partial charge < -0.3 is 10.1 Å². The predicted octanol–water partition coefficient (Wildman–Crippen LogP) is 4.25. The van der Waals surface area contributed by atoms with E-state index in [-0.39, 0.29) is 5.97 Å². The summed E-state index contributed by atoms with van der Waals surface area (Å²) >= 11 is 1.38. The second kappa shape index (κ2) is 7.25. The molecule has 1 saturated carbocycles. The van der Waals surface area contributed by atoms with Gasteiger partial charge >= 0.3 is 5.97 Å². The lowest BCUT2D eigenvalue weighted by Gasteiger charge is -2.35. The Bertz CT molecular complexity index is 485. The van der Waals surface area contributed by atoms with E-state index in [1.165, 1.54) is 37.2 Å². The summed E-state index contributed by atoms with van der Waals surface area (Å²) in [4.78, 5) is 12.1. The van der Waals surface area contributed by atoms with Crippen molar-refractivity contribution in [2.24, 2.45) is 11.8 Å². The summed E-state index contributed by atoms with van der Waals surface area (Å²) in [5, 5.41) is 4.47. The van der Waals surface area contributed by atoms with E-state index in [0.29, 0.717) is 30.0 Å². The van der Waals surface area contributed by atoms with Crippen molar-refractivity contribution in [3.05, 3.63) is 11.3 Å². The zero-order valence-corrected chi connectivity index (χ0v) is 14.3. The summed E-state index contributed by atoms with van der Waals surface area (Å²) in [7, 11) is 0. The lowest BCUT2D eigenvalue weighted by atomic mass is 9.78. The average Bonchev–Trinajstić information content (AvgIpc) is 2.80. The largest absolute Gasteiger partial charge is 0.462 e. The van der Waals surface area contributed by atoms with Gasteiger partial charge in [0.2, 0.25) is 0 Å². The Hall–Kier alpha value is -1.10. The highest BCUT2D eigenvalue weighted by molar-refractivity contribution is 7.10. The molecule has 2 rings (SSSR count). The first-order chi connectivity index (χ1) is 10.0. The molecule has 2 atom stereocenters. The first kappa shape index (κ1) is 16.3. The third-order valence-electron chi connectivity index (χ3n) is 4.33. The standard InChI is InChI=1S/C16H26N2O2S/c1-5-20-16(19)14-11(4)18-21-15(14)17-13-9-7-6-8-12(13)10(2)3/h10,12-13,17H,5-9H2,1-4H3. The highest BCUT2D eigenvalue weighted by Gasteiger charge is 2.29. The molecule has 0 bridgehead atoms. The molecule has 118 valence electrons. The van der Waals surface area contributed by atoms with Crippen LogP contribution in [0, 0.1) is 18.8 Å². The minimum absolute atomic E-state index is 0.261. The molecule has 0 radical (unpaired) electrons. The number of nitrogens with one attached hydrogen (secondary N) is 1. The second-order valence-electron chi connectivity index (χ2n) is 6.14. The quantitative estimate of drug-likeness (QED) is 0.826. The van der Waals surface area contributed by atoms with E-state index in [1.54, 1.807) is 0 Å². The third-order valence-corrected chi connectivity index (χ3v) is 5.20. The fourth-order valence-electron chi connectivity index (χ4n) is 3.22. The van der Waals surface area contributed by atoms with Crippen LogP contribution in [0.15, 0.2) is 0 Å². The number of hydrogen-bond acceptors (Lipinski definition) is 5. The first-order valence-corrected chi connectivity index (χ1v) is 8.71. The van der Waals surface area contributed by atoms with Crippen LogP contribution in [0.4, 0.5) is 5.00 Å². The van der Waals surface area contributed by atoms with Crippen LogP contribution in [0.25, 0.3) is 0 Å². The van der Waals surface area contributed by atoms with Crippen molar-refractivity contribution < 1.29 is 9.53 Å². The molecule has 0 aliphatic heterocycles. The van der Waals surface area contributed by atoms with Crippen molar-refractivity contribution >= 4 is 22.5 Å². The lowest BCUT2D eigenvalue weighted by Crippen LogP contribution is -2.35. The maximum absolute atomic E-state index is 12.1. The molecule has 21 heavy (non-hydrogen) atoms. The van der Waals surface area contributed by atoms with E-state index in [2.05, 4.69) is 23.5 Å². The summed E-state index contributed by atoms with van der Waals surface area (Å²) in [5.41, 5.74) is 1.38. The minimum atomic E-state index is -0.261. The predicted molar refractivity (Wildman–Crippen MR) is 87.0 cm³/mol. The summed E-state index contributed by atoms with van der Waals surface area (Å²) in [5.74, 6) is 1.06. The SMILES string of the molecule is CCOC(=O)c1c(C)nsc1NC1CCCCC1C(C)C. The van der Waals surface area contributed by atoms with E-state index < -0.39 is 0 Å². The molecule has 1 aliphatic carbocycles. The molecule has 4 nitrogen and oxygen atoms in total. The number of ether oxygens (including phenoxy) is 1. The zero-order chi connectivity index (χ0) is 15.4. The maximum Gasteiger partial charge on any atom is 0.343 e. The second-order valence-corrected chi connectivity index (χ2v) is 6.91. The van der Waals surface area contributed by atoms with Gasteiger partial charge in [0, 0.05) is 6.04 Å². The Morgan fingerprint density at radius 1 is 1.43 bits per heavy atom. The van der Waals surface area contributed by atoms with Gasteiger partial charge in [-0.3, -0.25) is 0 Å². The smallest absolute Gasteiger partial charge is 0.343 e. The Balaban J connectivity index is 2.17. The monoisotopic (exact) mass is 310 g/mol. The molecular formula is C16H26N2O2S. The number of carbonyl (C=O) groups excluding carboxylic acids is 1. The van der Waals surface area contributed by atoms with E-state index in [9.17, 15) is 4.79 Å². The molecule has 1 heterocycles. The molecule has 0 saturated heterocycles. The van der Waals surface area contributed by atoms with E-state index in [4.69, 9.17) is 4.74 Å². The maximum atomic E-state index is 12.1. The highest BCUT2D eigenvalue weighted by Crippen LogP contribution is 2.35. The van der Waals surface area contributed by atoms with Gasteiger partial charge in [-0.2, -0.15) is 4.37 Å². The van der Waals surface area contributed by atoms with Gasteiger partial charge in [-0.15, -0.1) is 0 Å². The number of carbonyl (C=O) groups is 1. The van der Waals surface area contributed by atoms with Crippen molar-refractivity contribution in [3.63, 3.8) is 0 Å². The van der Waals surface area contributed by atoms with Crippen molar-refractivity contribution in [1.29, 1.82) is 0 Å². The highest BCUT2D eigenvalue weighted by atomic mass is 32.1. The average molecular weight is 310 g/mol. The molecule has 1 aliphatic rings. The van der Waals surface area contributed by atoms with Gasteiger partial charge in [0.15, 0.2) is 0 Å². The van der Waals surface area contributed by atoms with Crippen molar-refractivity contribution in [1.82, 2.24) is 4.37 Å². The van der Waals surface area contributed by atoms with Crippen LogP contribution in [-0.2, 0) is 4.74 Å². The Kier molecular flexibility index (Phi) is 5.62. The van der Waals surface area contributed by atoms with Gasteiger partial charge in [0.1, 0.15) is 10.6 Å². The van der Waals surface area contributed by atoms with Crippen molar-refractivity contribution in [2.45, 2.75) is 59.4 Å². The Morgan fingerprint density at radius 3 is 2.81 bits per heavy atom. The molecule has 2 unspecified atom stereocenters. The minimum Gasteiger partial charge on any atom is -0.462 e. The molecule has 5 heteroatoms. The molecule has 1 aromatic heterocycles. The van der Waals surface area contributed by atoms with Gasteiger partial charge in [0.25, 0.3) is 0 Å². The topological polar surface area (TPSA) is 51.2 Å². The molecule has 0 amide bonds. The number of aryl methyl sites for hydroxylation is 1. The van der Waals surface area contributed by atoms with Gasteiger partial charge in [-0.05, 0) is 50.1 Å². The van der Waals surface area contributed by atoms with E-state index in [0.717, 1.165) is 10.7 Å². The van der Waals surface area contributed by atoms with Crippen LogP contribution in [0.5, 0.6) is 0 Å². The molecule has 1 aromatic rings. The van der Waals surface area contributed by atoms with E-state index in [1.807, 2.05) is 13.8 Å². The Morgan fingerprint density at radius 2 is 2.14 bits per heavy atom. The van der Waals surface area contributed by atoms with Crippen LogP contribution >= 0.6 is 11.5 Å². The molecular weight excluding hydrogens is 284 g/mol. The molecule has 0 aromatic carbocycles. The van der Waals surface area contributed by atoms with Gasteiger partial charge in [-0.25, -0.2) is 4.79 Å². The number of anilines is 1. The summed E-state index contributed by atoms with van der Waals surface area (Å²) in [6.07, 6.45) is 5.00. The van der Waals surface area contributed by atoms with Crippen LogP contribution in [0.3, 0.4) is 0 Å². The fourth-order valence-corrected chi connectivity index (χ4v) is 4.06. The number of nitrogens with zero attached hydrogens (tertiary/aromatic N) is 1. The fraction of sp³-hybridized carbons (Fsp3) is 0.750. The summed E-state index contributed by atoms with van der Waals surface area (Å²) in [6, 6.07) is 0.437. The normalized spacial score (nSPS) is 22.3. The van der Waals surface area contributed by atoms with Crippen LogP contribution < -0.4 is 5.32 Å². The third kappa shape index (κ3) is 3.76. The van der Waals surface area contributed by atoms with Gasteiger partial charge in [0.05, 0.1) is 12.3 Å². The van der Waals surface area contributed by atoms with Crippen molar-refractivity contribution in [3.8, 4) is 0 Å². The number of esters is 1. The zero-order valence-electron chi connectivity index (χ0n) is 13.4. The molecule has 1 fully saturated rings. The number of hydrogen-bond donors (Lipinski definition) is 1. The van der Waals surface area contributed by atoms with Crippen LogP contribution in [0.2, 0.25) is 0 Å². The van der Waals surface area contributed by atoms with Crippen molar-refractivity contribution in [2.75, 3.05) is 11.9 Å². The number of rotatable bonds is 5. The Labute approximate surface area is 131 Å². The van der Waals surface area contributed by atoms with Crippen LogP contribution in [0.1, 0.15) is 62.5 Å². The summed E-state index contributed by atoms with van der Waals surface area (Å²) in [6.45, 7) is 8.67. The molecule has 1 N–H and O–H groups in total. The molecule has 0 spiro atoms. The van der Waals surface area contributed by atoms with E-state index >= 15 is 0 Å². The van der Waals surface area contributed by atoms with Crippen LogP contribution in [-0.4, -0.2) is 23.0 Å². The summed E-state index contributed by atoms with van der Waals surface area (Å²) < 4.78 is 9.49. The first-order valence-electron chi connectivity index (χ1n) is 7.94. The lowest BCUT2D eigenvalue weighted by molar-refractivity contribution is 0.0527.